The molecule has 0 amide bonds. The summed E-state index contributed by atoms with van der Waals surface area (Å²) < 4.78 is 0. The van der Waals surface area contributed by atoms with E-state index in [9.17, 15) is 4.79 Å². The van der Waals surface area contributed by atoms with Gasteiger partial charge in [-0.3, -0.25) is 4.79 Å². The standard InChI is InChI=1S/C18H25NO/c1-19(13-17-12-14-7-8-16(17)11-14)10-9-18(20)15-5-3-2-4-6-15/h2-6,14,16-17H,7-13H2,1H3. The third kappa shape index (κ3) is 3.12. The summed E-state index contributed by atoms with van der Waals surface area (Å²) >= 11 is 0. The summed E-state index contributed by atoms with van der Waals surface area (Å²) in [4.78, 5) is 14.5. The first kappa shape index (κ1) is 13.8. The first-order valence-electron chi connectivity index (χ1n) is 7.99. The molecule has 1 aromatic carbocycles. The lowest BCUT2D eigenvalue weighted by Crippen LogP contribution is -2.30. The minimum atomic E-state index is 0.269. The average molecular weight is 271 g/mol. The molecule has 0 N–H and O–H groups in total. The van der Waals surface area contributed by atoms with Crippen molar-refractivity contribution in [2.75, 3.05) is 20.1 Å². The van der Waals surface area contributed by atoms with Crippen LogP contribution < -0.4 is 0 Å². The van der Waals surface area contributed by atoms with E-state index in [-0.39, 0.29) is 5.78 Å². The van der Waals surface area contributed by atoms with Gasteiger partial charge in [-0.2, -0.15) is 0 Å². The number of carbonyl (C=O) groups excluding carboxylic acids is 1. The summed E-state index contributed by atoms with van der Waals surface area (Å²) in [5.74, 6) is 3.16. The van der Waals surface area contributed by atoms with Crippen molar-refractivity contribution in [3.8, 4) is 0 Å². The second kappa shape index (κ2) is 6.09. The first-order chi connectivity index (χ1) is 9.72. The van der Waals surface area contributed by atoms with Crippen LogP contribution in [0, 0.1) is 17.8 Å². The summed E-state index contributed by atoms with van der Waals surface area (Å²) in [7, 11) is 2.17. The van der Waals surface area contributed by atoms with Crippen LogP contribution in [0.1, 0.15) is 42.5 Å². The van der Waals surface area contributed by atoms with E-state index in [0.29, 0.717) is 6.42 Å². The molecule has 2 fully saturated rings. The van der Waals surface area contributed by atoms with Crippen LogP contribution >= 0.6 is 0 Å². The number of benzene rings is 1. The number of hydrogen-bond acceptors (Lipinski definition) is 2. The summed E-state index contributed by atoms with van der Waals surface area (Å²) in [5, 5.41) is 0. The summed E-state index contributed by atoms with van der Waals surface area (Å²) in [5.41, 5.74) is 0.848. The molecule has 2 bridgehead atoms. The van der Waals surface area contributed by atoms with Gasteiger partial charge in [0.1, 0.15) is 0 Å². The van der Waals surface area contributed by atoms with Gasteiger partial charge in [0.25, 0.3) is 0 Å². The van der Waals surface area contributed by atoms with E-state index in [4.69, 9.17) is 0 Å². The van der Waals surface area contributed by atoms with E-state index in [1.54, 1.807) is 0 Å². The Kier molecular flexibility index (Phi) is 4.21. The fourth-order valence-electron chi connectivity index (χ4n) is 4.15. The maximum atomic E-state index is 12.1. The molecular formula is C18H25NO. The lowest BCUT2D eigenvalue weighted by atomic mass is 9.88. The van der Waals surface area contributed by atoms with E-state index in [1.165, 1.54) is 32.2 Å². The van der Waals surface area contributed by atoms with Crippen molar-refractivity contribution < 1.29 is 4.79 Å². The van der Waals surface area contributed by atoms with E-state index >= 15 is 0 Å². The molecule has 1 aromatic rings. The third-order valence-electron chi connectivity index (χ3n) is 5.25. The largest absolute Gasteiger partial charge is 0.306 e. The Morgan fingerprint density at radius 2 is 2.00 bits per heavy atom. The van der Waals surface area contributed by atoms with E-state index in [0.717, 1.165) is 29.9 Å². The number of Topliss-reactive ketones (excluding diaryl/α,β-unsaturated/α-hetero) is 1. The molecule has 0 heterocycles. The van der Waals surface area contributed by atoms with Gasteiger partial charge in [-0.25, -0.2) is 0 Å². The molecule has 2 aliphatic rings. The predicted octanol–water partition coefficient (Wildman–Crippen LogP) is 3.63. The minimum absolute atomic E-state index is 0.269. The highest BCUT2D eigenvalue weighted by atomic mass is 16.1. The molecule has 3 unspecified atom stereocenters. The molecule has 3 rings (SSSR count). The molecule has 2 aliphatic carbocycles. The fraction of sp³-hybridized carbons (Fsp3) is 0.611. The van der Waals surface area contributed by atoms with Crippen LogP contribution in [-0.2, 0) is 0 Å². The predicted molar refractivity (Wildman–Crippen MR) is 81.8 cm³/mol. The van der Waals surface area contributed by atoms with E-state index in [2.05, 4.69) is 11.9 Å². The highest BCUT2D eigenvalue weighted by Crippen LogP contribution is 2.48. The third-order valence-corrected chi connectivity index (χ3v) is 5.25. The summed E-state index contributed by atoms with van der Waals surface area (Å²) in [6, 6.07) is 9.66. The Bertz CT molecular complexity index is 456. The highest BCUT2D eigenvalue weighted by Gasteiger charge is 2.39. The Labute approximate surface area is 122 Å². The lowest BCUT2D eigenvalue weighted by molar-refractivity contribution is 0.0963. The molecule has 0 aromatic heterocycles. The number of nitrogens with zero attached hydrogens (tertiary/aromatic N) is 1. The molecule has 0 saturated heterocycles. The fourth-order valence-corrected chi connectivity index (χ4v) is 4.15. The molecule has 2 saturated carbocycles. The summed E-state index contributed by atoms with van der Waals surface area (Å²) in [6.45, 7) is 2.07. The number of ketones is 1. The Morgan fingerprint density at radius 1 is 1.20 bits per heavy atom. The zero-order valence-corrected chi connectivity index (χ0v) is 12.4. The maximum absolute atomic E-state index is 12.1. The Hall–Kier alpha value is -1.15. The minimum Gasteiger partial charge on any atom is -0.306 e. The lowest BCUT2D eigenvalue weighted by Gasteiger charge is -2.27. The number of hydrogen-bond donors (Lipinski definition) is 0. The van der Waals surface area contributed by atoms with Crippen molar-refractivity contribution in [3.63, 3.8) is 0 Å². The number of fused-ring (bicyclic) bond motifs is 2. The van der Waals surface area contributed by atoms with Crippen molar-refractivity contribution in [1.29, 1.82) is 0 Å². The SMILES string of the molecule is CN(CCC(=O)c1ccccc1)CC1CC2CCC1C2. The van der Waals surface area contributed by atoms with Gasteiger partial charge in [-0.1, -0.05) is 36.8 Å². The van der Waals surface area contributed by atoms with Crippen LogP contribution in [0.5, 0.6) is 0 Å². The maximum Gasteiger partial charge on any atom is 0.164 e. The van der Waals surface area contributed by atoms with Crippen molar-refractivity contribution in [2.45, 2.75) is 32.1 Å². The van der Waals surface area contributed by atoms with Gasteiger partial charge in [0, 0.05) is 25.1 Å². The normalized spacial score (nSPS) is 28.2. The molecule has 0 aliphatic heterocycles. The monoisotopic (exact) mass is 271 g/mol. The Morgan fingerprint density at radius 3 is 2.65 bits per heavy atom. The highest BCUT2D eigenvalue weighted by molar-refractivity contribution is 5.96. The van der Waals surface area contributed by atoms with Crippen LogP contribution in [0.4, 0.5) is 0 Å². The zero-order valence-electron chi connectivity index (χ0n) is 12.4. The average Bonchev–Trinajstić information content (AvgIpc) is 3.08. The first-order valence-corrected chi connectivity index (χ1v) is 7.99. The molecule has 2 nitrogen and oxygen atoms in total. The van der Waals surface area contributed by atoms with Gasteiger partial charge in [0.2, 0.25) is 0 Å². The van der Waals surface area contributed by atoms with E-state index in [1.807, 2.05) is 30.3 Å². The van der Waals surface area contributed by atoms with Gasteiger partial charge in [0.05, 0.1) is 0 Å². The van der Waals surface area contributed by atoms with Crippen molar-refractivity contribution in [1.82, 2.24) is 4.90 Å². The molecule has 20 heavy (non-hydrogen) atoms. The molecular weight excluding hydrogens is 246 g/mol. The van der Waals surface area contributed by atoms with Crippen molar-refractivity contribution in [2.24, 2.45) is 17.8 Å². The van der Waals surface area contributed by atoms with E-state index < -0.39 is 0 Å². The smallest absolute Gasteiger partial charge is 0.164 e. The quantitative estimate of drug-likeness (QED) is 0.736. The van der Waals surface area contributed by atoms with Crippen LogP contribution in [0.3, 0.4) is 0 Å². The molecule has 108 valence electrons. The van der Waals surface area contributed by atoms with Crippen LogP contribution in [0.15, 0.2) is 30.3 Å². The van der Waals surface area contributed by atoms with Crippen molar-refractivity contribution in [3.05, 3.63) is 35.9 Å². The number of carbonyl (C=O) groups is 1. The molecule has 0 radical (unpaired) electrons. The van der Waals surface area contributed by atoms with Gasteiger partial charge >= 0.3 is 0 Å². The second-order valence-corrected chi connectivity index (χ2v) is 6.74. The van der Waals surface area contributed by atoms with Crippen LogP contribution in [0.2, 0.25) is 0 Å². The van der Waals surface area contributed by atoms with Gasteiger partial charge < -0.3 is 4.90 Å². The topological polar surface area (TPSA) is 20.3 Å². The van der Waals surface area contributed by atoms with Gasteiger partial charge in [-0.05, 0) is 44.1 Å². The second-order valence-electron chi connectivity index (χ2n) is 6.74. The summed E-state index contributed by atoms with van der Waals surface area (Å²) in [6.07, 6.45) is 6.47. The molecule has 2 heteroatoms. The van der Waals surface area contributed by atoms with Crippen LogP contribution in [0.25, 0.3) is 0 Å². The van der Waals surface area contributed by atoms with Gasteiger partial charge in [0.15, 0.2) is 5.78 Å². The van der Waals surface area contributed by atoms with Crippen LogP contribution in [-0.4, -0.2) is 30.8 Å². The zero-order chi connectivity index (χ0) is 13.9. The number of rotatable bonds is 6. The van der Waals surface area contributed by atoms with Gasteiger partial charge in [-0.15, -0.1) is 0 Å². The Balaban J connectivity index is 1.43. The molecule has 0 spiro atoms. The van der Waals surface area contributed by atoms with Crippen molar-refractivity contribution >= 4 is 5.78 Å². The molecule has 3 atom stereocenters.